The Morgan fingerprint density at radius 2 is 1.08 bits per heavy atom. The molecule has 1 saturated carbocycles. The minimum absolute atomic E-state index is 0.0839. The van der Waals surface area contributed by atoms with Crippen LogP contribution in [-0.4, -0.2) is 11.9 Å². The zero-order valence-corrected chi connectivity index (χ0v) is 14.0. The third-order valence-corrected chi connectivity index (χ3v) is 7.95. The van der Waals surface area contributed by atoms with Crippen LogP contribution in [-0.2, 0) is 14.3 Å². The zero-order chi connectivity index (χ0) is 17.3. The van der Waals surface area contributed by atoms with E-state index in [1.165, 1.54) is 22.3 Å². The molecule has 1 heterocycles. The second-order valence-electron chi connectivity index (χ2n) is 8.37. The van der Waals surface area contributed by atoms with Gasteiger partial charge in [-0.15, -0.1) is 0 Å². The molecule has 3 heteroatoms. The van der Waals surface area contributed by atoms with Crippen molar-refractivity contribution >= 4 is 11.9 Å². The zero-order valence-electron chi connectivity index (χ0n) is 14.0. The molecule has 126 valence electrons. The molecule has 4 bridgehead atoms. The molecule has 5 aliphatic carbocycles. The summed E-state index contributed by atoms with van der Waals surface area (Å²) >= 11 is 0. The van der Waals surface area contributed by atoms with E-state index < -0.39 is 10.8 Å². The maximum Gasteiger partial charge on any atom is 0.322 e. The number of benzene rings is 2. The second-order valence-corrected chi connectivity index (χ2v) is 8.37. The number of ether oxygens (including phenoxy) is 1. The van der Waals surface area contributed by atoms with Gasteiger partial charge >= 0.3 is 11.9 Å². The Bertz CT molecular complexity index is 953. The minimum Gasteiger partial charge on any atom is -0.392 e. The van der Waals surface area contributed by atoms with E-state index in [0.717, 1.165) is 6.42 Å². The number of rotatable bonds is 0. The van der Waals surface area contributed by atoms with Gasteiger partial charge in [-0.25, -0.2) is 0 Å². The normalized spacial score (nSPS) is 42.3. The Hall–Kier alpha value is -2.68. The molecule has 0 aromatic heterocycles. The van der Waals surface area contributed by atoms with Gasteiger partial charge in [0.2, 0.25) is 0 Å². The van der Waals surface area contributed by atoms with Crippen LogP contribution in [0.1, 0.15) is 40.5 Å². The van der Waals surface area contributed by atoms with Gasteiger partial charge in [0.15, 0.2) is 0 Å². The lowest BCUT2D eigenvalue weighted by Gasteiger charge is -2.59. The number of carbonyl (C=O) groups excluding carboxylic acids is 2. The molecule has 2 fully saturated rings. The lowest BCUT2D eigenvalue weighted by atomic mass is 9.38. The predicted octanol–water partition coefficient (Wildman–Crippen LogP) is 3.54. The molecule has 0 N–H and O–H groups in total. The summed E-state index contributed by atoms with van der Waals surface area (Å²) in [5, 5.41) is 0. The monoisotopic (exact) mass is 340 g/mol. The van der Waals surface area contributed by atoms with Crippen molar-refractivity contribution in [2.24, 2.45) is 22.7 Å². The number of carbonyl (C=O) groups is 2. The predicted molar refractivity (Wildman–Crippen MR) is 93.3 cm³/mol. The first kappa shape index (κ1) is 13.5. The van der Waals surface area contributed by atoms with Gasteiger partial charge in [-0.1, -0.05) is 60.7 Å². The van der Waals surface area contributed by atoms with E-state index in [-0.39, 0.29) is 35.6 Å². The van der Waals surface area contributed by atoms with Crippen LogP contribution in [0.5, 0.6) is 0 Å². The smallest absolute Gasteiger partial charge is 0.322 e. The number of hydrogen-bond acceptors (Lipinski definition) is 3. The van der Waals surface area contributed by atoms with E-state index in [9.17, 15) is 9.59 Å². The molecule has 0 spiro atoms. The molecule has 0 unspecified atom stereocenters. The Morgan fingerprint density at radius 3 is 1.46 bits per heavy atom. The third kappa shape index (κ3) is 1.01. The van der Waals surface area contributed by atoms with Crippen LogP contribution in [0.15, 0.2) is 60.7 Å². The van der Waals surface area contributed by atoms with Gasteiger partial charge in [-0.05, 0) is 40.5 Å². The molecule has 8 rings (SSSR count). The highest BCUT2D eigenvalue weighted by Gasteiger charge is 2.86. The highest BCUT2D eigenvalue weighted by Crippen LogP contribution is 2.82. The lowest BCUT2D eigenvalue weighted by Crippen LogP contribution is -2.60. The van der Waals surface area contributed by atoms with E-state index >= 15 is 0 Å². The summed E-state index contributed by atoms with van der Waals surface area (Å²) < 4.78 is 5.46. The number of cyclic esters (lactones) is 2. The SMILES string of the molecule is O=C1OC(=O)[C@]23C4c5ccccc5C(c5ccccc54)[C@]12[C@H]1C=C[C@@H]3C1. The number of hydrogen-bond donors (Lipinski definition) is 0. The summed E-state index contributed by atoms with van der Waals surface area (Å²) in [5.41, 5.74) is 3.30. The van der Waals surface area contributed by atoms with Crippen molar-refractivity contribution in [2.45, 2.75) is 18.3 Å². The first-order valence-electron chi connectivity index (χ1n) is 9.35. The molecule has 0 radical (unpaired) electrons. The van der Waals surface area contributed by atoms with Crippen LogP contribution >= 0.6 is 0 Å². The number of fused-ring (bicyclic) bond motifs is 2. The standard InChI is InChI=1S/C23H16O3/c24-20-22-12-9-10-13(11-12)23(22,21(25)26-20)19-15-6-2-1-5-14(15)18(22)16-7-3-4-8-17(16)19/h1-10,12-13,18-19H,11H2/t12-,13+,18?,19?,22+,23-. The van der Waals surface area contributed by atoms with Crippen molar-refractivity contribution in [1.29, 1.82) is 0 Å². The van der Waals surface area contributed by atoms with Crippen molar-refractivity contribution in [3.63, 3.8) is 0 Å². The maximum absolute atomic E-state index is 13.3. The Balaban J connectivity index is 1.72. The molecular formula is C23H16O3. The van der Waals surface area contributed by atoms with Crippen molar-refractivity contribution < 1.29 is 14.3 Å². The summed E-state index contributed by atoms with van der Waals surface area (Å²) in [7, 11) is 0. The van der Waals surface area contributed by atoms with Crippen LogP contribution in [0.3, 0.4) is 0 Å². The molecule has 26 heavy (non-hydrogen) atoms. The van der Waals surface area contributed by atoms with Crippen LogP contribution in [0.4, 0.5) is 0 Å². The molecule has 4 atom stereocenters. The average molecular weight is 340 g/mol. The quantitative estimate of drug-likeness (QED) is 0.419. The molecule has 0 amide bonds. The third-order valence-electron chi connectivity index (χ3n) is 7.95. The van der Waals surface area contributed by atoms with Crippen LogP contribution in [0.2, 0.25) is 0 Å². The van der Waals surface area contributed by atoms with Gasteiger partial charge in [0, 0.05) is 11.8 Å². The lowest BCUT2D eigenvalue weighted by molar-refractivity contribution is -0.157. The first-order chi connectivity index (χ1) is 12.7. The summed E-state index contributed by atoms with van der Waals surface area (Å²) in [4.78, 5) is 26.7. The van der Waals surface area contributed by atoms with Crippen molar-refractivity contribution in [3.05, 3.63) is 82.9 Å². The summed E-state index contributed by atoms with van der Waals surface area (Å²) in [6, 6.07) is 16.8. The van der Waals surface area contributed by atoms with E-state index in [1.807, 2.05) is 24.3 Å². The topological polar surface area (TPSA) is 43.4 Å². The fraction of sp³-hybridized carbons (Fsp3) is 0.304. The minimum atomic E-state index is -0.767. The highest BCUT2D eigenvalue weighted by atomic mass is 16.6. The summed E-state index contributed by atoms with van der Waals surface area (Å²) in [6.07, 6.45) is 5.24. The molecule has 2 aromatic rings. The van der Waals surface area contributed by atoms with E-state index in [4.69, 9.17) is 4.74 Å². The van der Waals surface area contributed by atoms with Crippen molar-refractivity contribution in [2.75, 3.05) is 0 Å². The van der Waals surface area contributed by atoms with Gasteiger partial charge < -0.3 is 4.74 Å². The molecule has 3 nitrogen and oxygen atoms in total. The van der Waals surface area contributed by atoms with Crippen LogP contribution in [0, 0.1) is 22.7 Å². The van der Waals surface area contributed by atoms with E-state index in [0.29, 0.717) is 0 Å². The van der Waals surface area contributed by atoms with Gasteiger partial charge in [0.05, 0.1) is 0 Å². The molecule has 1 saturated heterocycles. The van der Waals surface area contributed by atoms with E-state index in [1.54, 1.807) is 0 Å². The summed E-state index contributed by atoms with van der Waals surface area (Å²) in [6.45, 7) is 0. The van der Waals surface area contributed by atoms with Gasteiger partial charge in [-0.2, -0.15) is 0 Å². The Labute approximate surface area is 150 Å². The molecular weight excluding hydrogens is 324 g/mol. The molecule has 2 aromatic carbocycles. The number of allylic oxidation sites excluding steroid dienone is 2. The highest BCUT2D eigenvalue weighted by molar-refractivity contribution is 6.07. The van der Waals surface area contributed by atoms with Gasteiger partial charge in [0.1, 0.15) is 10.8 Å². The van der Waals surface area contributed by atoms with Crippen molar-refractivity contribution in [1.82, 2.24) is 0 Å². The van der Waals surface area contributed by atoms with Crippen LogP contribution < -0.4 is 0 Å². The summed E-state index contributed by atoms with van der Waals surface area (Å²) in [5.74, 6) is -0.615. The fourth-order valence-electron chi connectivity index (χ4n) is 7.41. The van der Waals surface area contributed by atoms with Crippen LogP contribution in [0.25, 0.3) is 0 Å². The van der Waals surface area contributed by atoms with E-state index in [2.05, 4.69) is 36.4 Å². The Morgan fingerprint density at radius 1 is 0.692 bits per heavy atom. The van der Waals surface area contributed by atoms with Gasteiger partial charge in [-0.3, -0.25) is 9.59 Å². The number of esters is 2. The second kappa shape index (κ2) is 3.85. The molecule has 1 aliphatic heterocycles. The largest absolute Gasteiger partial charge is 0.392 e. The molecule has 6 aliphatic rings. The maximum atomic E-state index is 13.3. The van der Waals surface area contributed by atoms with Crippen molar-refractivity contribution in [3.8, 4) is 0 Å². The Kier molecular flexibility index (Phi) is 2.00. The fourth-order valence-corrected chi connectivity index (χ4v) is 7.41. The average Bonchev–Trinajstić information content (AvgIpc) is 3.34. The first-order valence-corrected chi connectivity index (χ1v) is 9.35. The van der Waals surface area contributed by atoms with Gasteiger partial charge in [0.25, 0.3) is 0 Å².